The van der Waals surface area contributed by atoms with E-state index in [2.05, 4.69) is 15.2 Å². The lowest BCUT2D eigenvalue weighted by Gasteiger charge is -2.16. The van der Waals surface area contributed by atoms with E-state index in [0.29, 0.717) is 22.2 Å². The van der Waals surface area contributed by atoms with Gasteiger partial charge in [-0.3, -0.25) is 4.57 Å². The highest BCUT2D eigenvalue weighted by Gasteiger charge is 2.39. The number of hydrogen-bond acceptors (Lipinski definition) is 6. The lowest BCUT2D eigenvalue weighted by molar-refractivity contribution is -0.207. The molecule has 9 nitrogen and oxygen atoms in total. The minimum absolute atomic E-state index is 0.0840. The topological polar surface area (TPSA) is 94.0 Å². The van der Waals surface area contributed by atoms with Gasteiger partial charge in [0.1, 0.15) is 12.4 Å². The molecule has 2 aromatic carbocycles. The Morgan fingerprint density at radius 1 is 1.05 bits per heavy atom. The van der Waals surface area contributed by atoms with Crippen molar-refractivity contribution in [1.29, 1.82) is 0 Å². The molecule has 2 aromatic heterocycles. The Morgan fingerprint density at radius 2 is 1.76 bits per heavy atom. The fraction of sp³-hybridized carbons (Fsp3) is 0.333. The van der Waals surface area contributed by atoms with Crippen LogP contribution in [0, 0.1) is 5.82 Å². The largest absolute Gasteiger partial charge is 0.416 e. The van der Waals surface area contributed by atoms with E-state index in [9.17, 15) is 27.5 Å². The normalized spacial score (nSPS) is 14.8. The highest BCUT2D eigenvalue weighted by molar-refractivity contribution is 6.30. The van der Waals surface area contributed by atoms with Crippen molar-refractivity contribution in [1.82, 2.24) is 29.1 Å². The van der Waals surface area contributed by atoms with Crippen molar-refractivity contribution in [2.75, 3.05) is 18.0 Å². The first-order chi connectivity index (χ1) is 18.1. The number of halogens is 5. The number of nitrogens with zero attached hydrogens (tertiary/aromatic N) is 7. The molecule has 200 valence electrons. The molecule has 0 aliphatic carbocycles. The van der Waals surface area contributed by atoms with Crippen LogP contribution in [0.25, 0.3) is 17.1 Å². The molecule has 0 amide bonds. The van der Waals surface area contributed by atoms with Crippen LogP contribution in [0.15, 0.2) is 53.3 Å². The fourth-order valence-corrected chi connectivity index (χ4v) is 4.37. The maximum atomic E-state index is 13.9. The molecule has 1 saturated heterocycles. The Bertz CT molecular complexity index is 1490. The smallest absolute Gasteiger partial charge is 0.382 e. The molecule has 5 rings (SSSR count). The van der Waals surface area contributed by atoms with Crippen molar-refractivity contribution in [2.45, 2.75) is 38.2 Å². The van der Waals surface area contributed by atoms with Gasteiger partial charge in [-0.05, 0) is 55.3 Å². The van der Waals surface area contributed by atoms with Gasteiger partial charge in [-0.1, -0.05) is 17.7 Å². The zero-order valence-corrected chi connectivity index (χ0v) is 20.6. The lowest BCUT2D eigenvalue weighted by Crippen LogP contribution is -2.37. The minimum Gasteiger partial charge on any atom is -0.382 e. The monoisotopic (exact) mass is 551 g/mol. The number of alkyl halides is 3. The molecule has 1 atom stereocenters. The standard InChI is InChI=1S/C24H22ClF4N7O2/c25-16-8-6-15(7-9-16)21-32-35(23(38)34(21)13-19(37)24(27,28)29)14-20-30-22(33-10-1-2-11-33)36(31-20)18-5-3-4-17(26)12-18/h3-9,12,19,37H,1-2,10-11,13-14H2. The van der Waals surface area contributed by atoms with Gasteiger partial charge in [-0.2, -0.15) is 22.8 Å². The third-order valence-corrected chi connectivity index (χ3v) is 6.38. The first kappa shape index (κ1) is 25.9. The van der Waals surface area contributed by atoms with Gasteiger partial charge < -0.3 is 10.0 Å². The molecule has 0 radical (unpaired) electrons. The molecule has 0 spiro atoms. The second-order valence-electron chi connectivity index (χ2n) is 8.85. The number of anilines is 1. The summed E-state index contributed by atoms with van der Waals surface area (Å²) in [7, 11) is 0. The Hall–Kier alpha value is -3.71. The summed E-state index contributed by atoms with van der Waals surface area (Å²) >= 11 is 5.93. The Morgan fingerprint density at radius 3 is 2.42 bits per heavy atom. The summed E-state index contributed by atoms with van der Waals surface area (Å²) in [6.07, 6.45) is -5.83. The van der Waals surface area contributed by atoms with Gasteiger partial charge in [0.15, 0.2) is 17.8 Å². The Labute approximate surface area is 218 Å². The highest BCUT2D eigenvalue weighted by Crippen LogP contribution is 2.25. The minimum atomic E-state index is -4.94. The van der Waals surface area contributed by atoms with Crippen LogP contribution in [0.5, 0.6) is 0 Å². The number of hydrogen-bond donors (Lipinski definition) is 1. The summed E-state index contributed by atoms with van der Waals surface area (Å²) in [4.78, 5) is 19.7. The number of aromatic nitrogens is 6. The van der Waals surface area contributed by atoms with E-state index in [1.54, 1.807) is 6.07 Å². The fourth-order valence-electron chi connectivity index (χ4n) is 4.25. The zero-order valence-electron chi connectivity index (χ0n) is 19.8. The third-order valence-electron chi connectivity index (χ3n) is 6.13. The van der Waals surface area contributed by atoms with Crippen LogP contribution in [-0.2, 0) is 13.1 Å². The zero-order chi connectivity index (χ0) is 27.0. The molecule has 38 heavy (non-hydrogen) atoms. The predicted octanol–water partition coefficient (Wildman–Crippen LogP) is 3.66. The first-order valence-corrected chi connectivity index (χ1v) is 12.1. The van der Waals surface area contributed by atoms with Crippen molar-refractivity contribution < 1.29 is 22.7 Å². The van der Waals surface area contributed by atoms with Gasteiger partial charge >= 0.3 is 11.9 Å². The maximum absolute atomic E-state index is 13.9. The number of rotatable bonds is 7. The summed E-state index contributed by atoms with van der Waals surface area (Å²) in [6, 6.07) is 11.8. The van der Waals surface area contributed by atoms with Gasteiger partial charge in [0.2, 0.25) is 5.95 Å². The Kier molecular flexibility index (Phi) is 6.97. The van der Waals surface area contributed by atoms with Crippen LogP contribution in [0.2, 0.25) is 5.02 Å². The molecule has 1 fully saturated rings. The summed E-state index contributed by atoms with van der Waals surface area (Å²) < 4.78 is 56.5. The molecule has 14 heteroatoms. The molecule has 3 heterocycles. The van der Waals surface area contributed by atoms with Crippen LogP contribution in [0.1, 0.15) is 18.7 Å². The van der Waals surface area contributed by atoms with Crippen molar-refractivity contribution in [3.8, 4) is 17.1 Å². The van der Waals surface area contributed by atoms with E-state index in [-0.39, 0.29) is 18.2 Å². The van der Waals surface area contributed by atoms with Gasteiger partial charge in [-0.25, -0.2) is 13.9 Å². The van der Waals surface area contributed by atoms with Crippen molar-refractivity contribution in [2.24, 2.45) is 0 Å². The SMILES string of the molecule is O=c1n(Cc2nc(N3CCCC3)n(-c3cccc(F)c3)n2)nc(-c2ccc(Cl)cc2)n1CC(O)C(F)(F)F. The molecule has 1 N–H and O–H groups in total. The molecular weight excluding hydrogens is 530 g/mol. The molecule has 1 aliphatic heterocycles. The van der Waals surface area contributed by atoms with E-state index in [1.807, 2.05) is 4.90 Å². The van der Waals surface area contributed by atoms with Crippen LogP contribution < -0.4 is 10.6 Å². The molecular formula is C24H22ClF4N7O2. The van der Waals surface area contributed by atoms with Crippen molar-refractivity contribution >= 4 is 17.5 Å². The summed E-state index contributed by atoms with van der Waals surface area (Å²) in [6.45, 7) is 0.123. The second kappa shape index (κ2) is 10.2. The van der Waals surface area contributed by atoms with Crippen molar-refractivity contribution in [3.05, 3.63) is 75.7 Å². The highest BCUT2D eigenvalue weighted by atomic mass is 35.5. The van der Waals surface area contributed by atoms with Gasteiger partial charge in [0.05, 0.1) is 12.2 Å². The summed E-state index contributed by atoms with van der Waals surface area (Å²) in [5.41, 5.74) is -0.127. The van der Waals surface area contributed by atoms with Crippen LogP contribution >= 0.6 is 11.6 Å². The average Bonchev–Trinajstić information content (AvgIpc) is 3.60. The molecule has 1 unspecified atom stereocenters. The maximum Gasteiger partial charge on any atom is 0.416 e. The number of aliphatic hydroxyl groups is 1. The van der Waals surface area contributed by atoms with Crippen LogP contribution in [-0.4, -0.2) is 59.6 Å². The van der Waals surface area contributed by atoms with E-state index in [1.165, 1.54) is 47.1 Å². The van der Waals surface area contributed by atoms with Crippen molar-refractivity contribution in [3.63, 3.8) is 0 Å². The van der Waals surface area contributed by atoms with Gasteiger partial charge in [0, 0.05) is 23.7 Å². The van der Waals surface area contributed by atoms with E-state index < -0.39 is 30.3 Å². The second-order valence-corrected chi connectivity index (χ2v) is 9.29. The molecule has 0 bridgehead atoms. The quantitative estimate of drug-likeness (QED) is 0.352. The van der Waals surface area contributed by atoms with E-state index in [0.717, 1.165) is 35.2 Å². The lowest BCUT2D eigenvalue weighted by atomic mass is 10.2. The first-order valence-electron chi connectivity index (χ1n) is 11.8. The molecule has 0 saturated carbocycles. The predicted molar refractivity (Wildman–Crippen MR) is 131 cm³/mol. The summed E-state index contributed by atoms with van der Waals surface area (Å²) in [5.74, 6) is 0.0694. The number of aliphatic hydroxyl groups excluding tert-OH is 1. The van der Waals surface area contributed by atoms with Gasteiger partial charge in [0.25, 0.3) is 0 Å². The molecule has 1 aliphatic rings. The Balaban J connectivity index is 1.55. The number of benzene rings is 2. The van der Waals surface area contributed by atoms with E-state index in [4.69, 9.17) is 11.6 Å². The van der Waals surface area contributed by atoms with Gasteiger partial charge in [-0.15, -0.1) is 10.2 Å². The third kappa shape index (κ3) is 5.29. The average molecular weight is 552 g/mol. The molecule has 4 aromatic rings. The van der Waals surface area contributed by atoms with Crippen LogP contribution in [0.3, 0.4) is 0 Å². The summed E-state index contributed by atoms with van der Waals surface area (Å²) in [5, 5.41) is 18.8. The van der Waals surface area contributed by atoms with E-state index >= 15 is 0 Å². The van der Waals surface area contributed by atoms with Crippen LogP contribution in [0.4, 0.5) is 23.5 Å².